The van der Waals surface area contributed by atoms with Crippen molar-refractivity contribution in [2.45, 2.75) is 13.8 Å². The third-order valence-electron chi connectivity index (χ3n) is 4.15. The van der Waals surface area contributed by atoms with E-state index >= 15 is 0 Å². The Bertz CT molecular complexity index is 1060. The molecule has 0 heterocycles. The Labute approximate surface area is 180 Å². The molecule has 0 spiro atoms. The van der Waals surface area contributed by atoms with E-state index in [1.807, 2.05) is 50.2 Å². The third-order valence-corrected chi connectivity index (χ3v) is 4.62. The summed E-state index contributed by atoms with van der Waals surface area (Å²) in [5.74, 6) is 0.261. The van der Waals surface area contributed by atoms with Gasteiger partial charge in [0, 0.05) is 27.5 Å². The zero-order valence-electron chi connectivity index (χ0n) is 16.1. The van der Waals surface area contributed by atoms with Crippen molar-refractivity contribution < 1.29 is 9.53 Å². The normalized spacial score (nSPS) is 10.9. The number of nitrogens with zero attached hydrogens (tertiary/aromatic N) is 1. The van der Waals surface area contributed by atoms with Crippen LogP contribution in [0.5, 0.6) is 5.75 Å². The van der Waals surface area contributed by atoms with E-state index in [1.165, 1.54) is 0 Å². The van der Waals surface area contributed by atoms with E-state index in [2.05, 4.69) is 10.3 Å². The Morgan fingerprint density at radius 1 is 1.03 bits per heavy atom. The van der Waals surface area contributed by atoms with Gasteiger partial charge in [-0.1, -0.05) is 41.4 Å². The molecule has 0 saturated carbocycles. The first kappa shape index (κ1) is 20.9. The number of amides is 1. The summed E-state index contributed by atoms with van der Waals surface area (Å²) in [5, 5.41) is 3.97. The van der Waals surface area contributed by atoms with Crippen LogP contribution < -0.4 is 10.1 Å². The van der Waals surface area contributed by atoms with Crippen molar-refractivity contribution in [2.24, 2.45) is 4.99 Å². The van der Waals surface area contributed by atoms with E-state index in [9.17, 15) is 4.79 Å². The first-order chi connectivity index (χ1) is 13.9. The predicted octanol–water partition coefficient (Wildman–Crippen LogP) is 6.38. The Balaban J connectivity index is 1.72. The second-order valence-electron chi connectivity index (χ2n) is 6.58. The molecular formula is C23H20Cl2N2O2. The molecule has 6 heteroatoms. The molecule has 0 saturated heterocycles. The number of aryl methyl sites for hydroxylation is 2. The van der Waals surface area contributed by atoms with E-state index < -0.39 is 0 Å². The molecule has 1 N–H and O–H groups in total. The Hall–Kier alpha value is -2.82. The average molecular weight is 427 g/mol. The number of aliphatic imine (C=N–C) groups is 1. The van der Waals surface area contributed by atoms with Gasteiger partial charge in [0.1, 0.15) is 5.75 Å². The van der Waals surface area contributed by atoms with E-state index in [4.69, 9.17) is 27.9 Å². The molecule has 29 heavy (non-hydrogen) atoms. The van der Waals surface area contributed by atoms with Crippen molar-refractivity contribution in [1.82, 2.24) is 0 Å². The zero-order valence-corrected chi connectivity index (χ0v) is 17.6. The monoisotopic (exact) mass is 426 g/mol. The minimum atomic E-state index is -0.251. The fourth-order valence-corrected chi connectivity index (χ4v) is 3.02. The molecule has 0 radical (unpaired) electrons. The van der Waals surface area contributed by atoms with Crippen LogP contribution in [0.2, 0.25) is 10.0 Å². The van der Waals surface area contributed by atoms with E-state index in [1.54, 1.807) is 30.5 Å². The molecular weight excluding hydrogens is 407 g/mol. The largest absolute Gasteiger partial charge is 0.483 e. The highest BCUT2D eigenvalue weighted by molar-refractivity contribution is 6.31. The highest BCUT2D eigenvalue weighted by atomic mass is 35.5. The van der Waals surface area contributed by atoms with Gasteiger partial charge in [-0.15, -0.1) is 0 Å². The van der Waals surface area contributed by atoms with Gasteiger partial charge >= 0.3 is 0 Å². The molecule has 3 aromatic carbocycles. The number of benzene rings is 3. The molecule has 1 amide bonds. The number of ether oxygens (including phenoxy) is 1. The lowest BCUT2D eigenvalue weighted by atomic mass is 10.2. The fourth-order valence-electron chi connectivity index (χ4n) is 2.68. The van der Waals surface area contributed by atoms with Gasteiger partial charge < -0.3 is 10.1 Å². The number of rotatable bonds is 6. The van der Waals surface area contributed by atoms with Crippen LogP contribution in [0.15, 0.2) is 65.7 Å². The first-order valence-corrected chi connectivity index (χ1v) is 9.75. The smallest absolute Gasteiger partial charge is 0.262 e. The van der Waals surface area contributed by atoms with Crippen LogP contribution in [0.3, 0.4) is 0 Å². The minimum Gasteiger partial charge on any atom is -0.483 e. The van der Waals surface area contributed by atoms with Crippen LogP contribution in [-0.4, -0.2) is 18.7 Å². The van der Waals surface area contributed by atoms with Gasteiger partial charge in [-0.2, -0.15) is 0 Å². The van der Waals surface area contributed by atoms with Gasteiger partial charge in [-0.25, -0.2) is 0 Å². The summed E-state index contributed by atoms with van der Waals surface area (Å²) in [6.45, 7) is 3.79. The van der Waals surface area contributed by atoms with Crippen molar-refractivity contribution in [2.75, 3.05) is 11.9 Å². The SMILES string of the molecule is Cc1cccc(NC(=O)COc2ccc(Cl)cc2C=Nc2cc(Cl)ccc2C)c1. The molecule has 0 unspecified atom stereocenters. The Morgan fingerprint density at radius 2 is 1.79 bits per heavy atom. The lowest BCUT2D eigenvalue weighted by molar-refractivity contribution is -0.118. The second kappa shape index (κ2) is 9.59. The number of anilines is 1. The first-order valence-electron chi connectivity index (χ1n) is 9.00. The van der Waals surface area contributed by atoms with Crippen LogP contribution >= 0.6 is 23.2 Å². The molecule has 4 nitrogen and oxygen atoms in total. The topological polar surface area (TPSA) is 50.7 Å². The lowest BCUT2D eigenvalue weighted by Gasteiger charge is -2.10. The predicted molar refractivity (Wildman–Crippen MR) is 120 cm³/mol. The summed E-state index contributed by atoms with van der Waals surface area (Å²) in [6, 6.07) is 18.2. The Morgan fingerprint density at radius 3 is 2.59 bits per heavy atom. The zero-order chi connectivity index (χ0) is 20.8. The van der Waals surface area contributed by atoms with Gasteiger partial charge in [0.2, 0.25) is 0 Å². The van der Waals surface area contributed by atoms with Gasteiger partial charge in [0.15, 0.2) is 6.61 Å². The van der Waals surface area contributed by atoms with Crippen LogP contribution in [0, 0.1) is 13.8 Å². The molecule has 0 aliphatic carbocycles. The molecule has 0 atom stereocenters. The molecule has 0 fully saturated rings. The quantitative estimate of drug-likeness (QED) is 0.464. The summed E-state index contributed by atoms with van der Waals surface area (Å²) in [7, 11) is 0. The maximum absolute atomic E-state index is 12.2. The number of carbonyl (C=O) groups is 1. The molecule has 0 aromatic heterocycles. The van der Waals surface area contributed by atoms with Crippen LogP contribution in [0.25, 0.3) is 0 Å². The average Bonchev–Trinajstić information content (AvgIpc) is 2.68. The van der Waals surface area contributed by atoms with Crippen molar-refractivity contribution >= 4 is 46.7 Å². The fraction of sp³-hybridized carbons (Fsp3) is 0.130. The summed E-state index contributed by atoms with van der Waals surface area (Å²) in [5.41, 5.74) is 4.21. The number of nitrogens with one attached hydrogen (secondary N) is 1. The van der Waals surface area contributed by atoms with E-state index in [0.717, 1.165) is 22.5 Å². The molecule has 0 aliphatic rings. The molecule has 0 bridgehead atoms. The van der Waals surface area contributed by atoms with Crippen molar-refractivity contribution in [3.8, 4) is 5.75 Å². The molecule has 3 aromatic rings. The molecule has 3 rings (SSSR count). The van der Waals surface area contributed by atoms with Crippen LogP contribution in [0.1, 0.15) is 16.7 Å². The standard InChI is InChI=1S/C23H20Cl2N2O2/c1-15-4-3-5-20(10-15)27-23(28)14-29-22-9-8-18(24)11-17(22)13-26-21-12-19(25)7-6-16(21)2/h3-13H,14H2,1-2H3,(H,27,28). The summed E-state index contributed by atoms with van der Waals surface area (Å²) in [6.07, 6.45) is 1.65. The second-order valence-corrected chi connectivity index (χ2v) is 7.45. The van der Waals surface area contributed by atoms with E-state index in [-0.39, 0.29) is 12.5 Å². The number of hydrogen-bond donors (Lipinski definition) is 1. The number of hydrogen-bond acceptors (Lipinski definition) is 3. The van der Waals surface area contributed by atoms with Gasteiger partial charge in [0.05, 0.1) is 5.69 Å². The molecule has 0 aliphatic heterocycles. The van der Waals surface area contributed by atoms with Crippen molar-refractivity contribution in [3.05, 3.63) is 87.4 Å². The summed E-state index contributed by atoms with van der Waals surface area (Å²) in [4.78, 5) is 16.7. The maximum atomic E-state index is 12.2. The summed E-state index contributed by atoms with van der Waals surface area (Å²) < 4.78 is 5.71. The Kier molecular flexibility index (Phi) is 6.91. The van der Waals surface area contributed by atoms with Gasteiger partial charge in [-0.05, 0) is 67.4 Å². The number of carbonyl (C=O) groups excluding carboxylic acids is 1. The van der Waals surface area contributed by atoms with Gasteiger partial charge in [-0.3, -0.25) is 9.79 Å². The third kappa shape index (κ3) is 6.08. The lowest BCUT2D eigenvalue weighted by Crippen LogP contribution is -2.20. The van der Waals surface area contributed by atoms with Crippen LogP contribution in [0.4, 0.5) is 11.4 Å². The maximum Gasteiger partial charge on any atom is 0.262 e. The highest BCUT2D eigenvalue weighted by Crippen LogP contribution is 2.25. The summed E-state index contributed by atoms with van der Waals surface area (Å²) >= 11 is 12.2. The molecule has 148 valence electrons. The van der Waals surface area contributed by atoms with E-state index in [0.29, 0.717) is 21.4 Å². The van der Waals surface area contributed by atoms with Crippen molar-refractivity contribution in [3.63, 3.8) is 0 Å². The minimum absolute atomic E-state index is 0.132. The van der Waals surface area contributed by atoms with Crippen LogP contribution in [-0.2, 0) is 4.79 Å². The number of halogens is 2. The highest BCUT2D eigenvalue weighted by Gasteiger charge is 2.08. The van der Waals surface area contributed by atoms with Crippen molar-refractivity contribution in [1.29, 1.82) is 0 Å². The van der Waals surface area contributed by atoms with Gasteiger partial charge in [0.25, 0.3) is 5.91 Å².